The minimum absolute atomic E-state index is 0.227. The van der Waals surface area contributed by atoms with Gasteiger partial charge in [0.05, 0.1) is 10.8 Å². The van der Waals surface area contributed by atoms with E-state index in [4.69, 9.17) is 5.73 Å². The summed E-state index contributed by atoms with van der Waals surface area (Å²) in [5.41, 5.74) is 9.05. The fraction of sp³-hybridized carbons (Fsp3) is 0.474. The summed E-state index contributed by atoms with van der Waals surface area (Å²) in [6.45, 7) is 11.1. The van der Waals surface area contributed by atoms with Gasteiger partial charge in [0.15, 0.2) is 0 Å². The standard InChI is InChI=1S/C11H18N2S.C8H8O2/c1-10(2)5-6-11(3,4)8-7(10)13-9(12)14-8;1-6-2-4-7(5-3-6)8(9)10/h5-6H2,1-4H3,(H2,12,13);2-5H,1H3,(H,9,10). The topological polar surface area (TPSA) is 80.3 Å². The van der Waals surface area contributed by atoms with E-state index in [1.807, 2.05) is 6.92 Å². The van der Waals surface area contributed by atoms with Crippen molar-refractivity contribution in [3.8, 4) is 0 Å². The van der Waals surface area contributed by atoms with Crippen molar-refractivity contribution in [3.05, 3.63) is 46.0 Å². The Morgan fingerprint density at radius 2 is 1.67 bits per heavy atom. The van der Waals surface area contributed by atoms with Crippen molar-refractivity contribution < 1.29 is 14.9 Å². The van der Waals surface area contributed by atoms with Crippen LogP contribution < -0.4 is 15.8 Å². The number of hydrogen-bond acceptors (Lipinski definition) is 4. The van der Waals surface area contributed by atoms with E-state index >= 15 is 0 Å². The number of H-pyrrole nitrogens is 1. The van der Waals surface area contributed by atoms with Crippen molar-refractivity contribution in [2.75, 3.05) is 5.73 Å². The third-order valence-corrected chi connectivity index (χ3v) is 5.92. The fourth-order valence-corrected chi connectivity index (χ4v) is 4.05. The summed E-state index contributed by atoms with van der Waals surface area (Å²) in [6.07, 6.45) is 2.49. The normalized spacial score (nSPS) is 17.4. The molecule has 0 saturated heterocycles. The summed E-state index contributed by atoms with van der Waals surface area (Å²) in [6, 6.07) is 6.55. The van der Waals surface area contributed by atoms with Crippen LogP contribution in [-0.2, 0) is 10.8 Å². The Morgan fingerprint density at radius 1 is 1.12 bits per heavy atom. The van der Waals surface area contributed by atoms with Crippen molar-refractivity contribution in [3.63, 3.8) is 0 Å². The molecular formula is C19H26N2O2S. The first-order valence-electron chi connectivity index (χ1n) is 8.13. The van der Waals surface area contributed by atoms with Crippen LogP contribution in [0.15, 0.2) is 24.3 Å². The van der Waals surface area contributed by atoms with E-state index in [1.165, 1.54) is 35.5 Å². The highest BCUT2D eigenvalue weighted by atomic mass is 32.1. The second kappa shape index (κ2) is 6.55. The molecule has 1 aliphatic rings. The van der Waals surface area contributed by atoms with Crippen LogP contribution in [0, 0.1) is 6.92 Å². The number of carbonyl (C=O) groups excluding carboxylic acids is 1. The van der Waals surface area contributed by atoms with Gasteiger partial charge >= 0.3 is 5.13 Å². The number of aromatic carboxylic acids is 1. The van der Waals surface area contributed by atoms with E-state index in [2.05, 4.69) is 32.7 Å². The molecule has 3 rings (SSSR count). The molecule has 0 unspecified atom stereocenters. The van der Waals surface area contributed by atoms with Crippen molar-refractivity contribution in [1.29, 1.82) is 0 Å². The van der Waals surface area contributed by atoms with Gasteiger partial charge < -0.3 is 9.90 Å². The lowest BCUT2D eigenvalue weighted by molar-refractivity contribution is -0.376. The quantitative estimate of drug-likeness (QED) is 0.862. The number of benzene rings is 1. The minimum Gasteiger partial charge on any atom is -0.545 e. The lowest BCUT2D eigenvalue weighted by Gasteiger charge is -2.36. The molecule has 0 aliphatic heterocycles. The highest BCUT2D eigenvalue weighted by Gasteiger charge is 2.42. The third kappa shape index (κ3) is 3.96. The maximum absolute atomic E-state index is 10.2. The second-order valence-corrected chi connectivity index (χ2v) is 8.77. The Hall–Kier alpha value is -1.88. The summed E-state index contributed by atoms with van der Waals surface area (Å²) in [5, 5.41) is 11.0. The Labute approximate surface area is 147 Å². The predicted octanol–water partition coefficient (Wildman–Crippen LogP) is 2.85. The molecule has 0 radical (unpaired) electrons. The minimum atomic E-state index is -1.12. The summed E-state index contributed by atoms with van der Waals surface area (Å²) < 4.78 is 0. The number of carbonyl (C=O) groups is 1. The van der Waals surface area contributed by atoms with Gasteiger partial charge in [-0.25, -0.2) is 4.98 Å². The molecule has 1 aromatic heterocycles. The van der Waals surface area contributed by atoms with Crippen molar-refractivity contribution in [2.24, 2.45) is 0 Å². The maximum Gasteiger partial charge on any atom is 0.329 e. The molecule has 1 heterocycles. The van der Waals surface area contributed by atoms with Gasteiger partial charge in [-0.05, 0) is 25.3 Å². The highest BCUT2D eigenvalue weighted by Crippen LogP contribution is 2.46. The number of aryl methyl sites for hydroxylation is 1. The van der Waals surface area contributed by atoms with Crippen molar-refractivity contribution >= 4 is 22.4 Å². The molecule has 0 atom stereocenters. The van der Waals surface area contributed by atoms with Crippen LogP contribution in [0.25, 0.3) is 0 Å². The molecule has 0 fully saturated rings. The number of thiazole rings is 1. The zero-order chi connectivity index (χ0) is 18.1. The number of hydrogen-bond donors (Lipinski definition) is 1. The summed E-state index contributed by atoms with van der Waals surface area (Å²) in [5.74, 6) is -1.12. The Kier molecular flexibility index (Phi) is 5.04. The second-order valence-electron chi connectivity index (χ2n) is 7.72. The number of carboxylic acid groups (broad SMARTS) is 1. The molecule has 1 aromatic carbocycles. The van der Waals surface area contributed by atoms with Gasteiger partial charge in [0, 0.05) is 10.8 Å². The van der Waals surface area contributed by atoms with E-state index in [1.54, 1.807) is 23.5 Å². The highest BCUT2D eigenvalue weighted by molar-refractivity contribution is 7.15. The van der Waals surface area contributed by atoms with Crippen LogP contribution in [0.3, 0.4) is 0 Å². The zero-order valence-corrected chi connectivity index (χ0v) is 15.8. The van der Waals surface area contributed by atoms with Gasteiger partial charge in [-0.1, -0.05) is 68.9 Å². The van der Waals surface area contributed by atoms with Crippen molar-refractivity contribution in [2.45, 2.75) is 58.3 Å². The zero-order valence-electron chi connectivity index (χ0n) is 15.0. The Morgan fingerprint density at radius 3 is 2.17 bits per heavy atom. The van der Waals surface area contributed by atoms with Gasteiger partial charge in [-0.15, -0.1) is 0 Å². The molecular weight excluding hydrogens is 320 g/mol. The SMILES string of the molecule is CC1(C)CCC(C)(C)c2sc(N)[nH+]c21.Cc1ccc(C(=O)[O-])cc1. The summed E-state index contributed by atoms with van der Waals surface area (Å²) in [7, 11) is 0. The smallest absolute Gasteiger partial charge is 0.329 e. The molecule has 4 nitrogen and oxygen atoms in total. The molecule has 0 saturated carbocycles. The number of rotatable bonds is 1. The number of fused-ring (bicyclic) bond motifs is 1. The average molecular weight is 346 g/mol. The van der Waals surface area contributed by atoms with Gasteiger partial charge in [0.2, 0.25) is 0 Å². The molecule has 0 spiro atoms. The Balaban J connectivity index is 0.000000185. The van der Waals surface area contributed by atoms with Crippen molar-refractivity contribution in [1.82, 2.24) is 0 Å². The lowest BCUT2D eigenvalue weighted by Crippen LogP contribution is -2.36. The van der Waals surface area contributed by atoms with Gasteiger partial charge in [0.1, 0.15) is 5.69 Å². The van der Waals surface area contributed by atoms with Crippen LogP contribution in [0.5, 0.6) is 0 Å². The van der Waals surface area contributed by atoms with Crippen LogP contribution in [0.1, 0.15) is 67.0 Å². The van der Waals surface area contributed by atoms with E-state index in [0.29, 0.717) is 5.41 Å². The van der Waals surface area contributed by atoms with Crippen LogP contribution in [-0.4, -0.2) is 5.97 Å². The first kappa shape index (κ1) is 18.5. The number of carboxylic acids is 1. The first-order valence-corrected chi connectivity index (χ1v) is 8.95. The molecule has 0 amide bonds. The molecule has 24 heavy (non-hydrogen) atoms. The average Bonchev–Trinajstić information content (AvgIpc) is 2.90. The van der Waals surface area contributed by atoms with E-state index in [-0.39, 0.29) is 11.0 Å². The van der Waals surface area contributed by atoms with Crippen LogP contribution >= 0.6 is 11.3 Å². The first-order chi connectivity index (χ1) is 11.0. The monoisotopic (exact) mass is 346 g/mol. The Bertz CT molecular complexity index is 697. The van der Waals surface area contributed by atoms with Gasteiger partial charge in [-0.2, -0.15) is 0 Å². The molecule has 0 bridgehead atoms. The predicted molar refractivity (Wildman–Crippen MR) is 96.1 cm³/mol. The van der Waals surface area contributed by atoms with E-state index in [0.717, 1.165) is 10.7 Å². The van der Waals surface area contributed by atoms with Gasteiger partial charge in [0.25, 0.3) is 0 Å². The van der Waals surface area contributed by atoms with Crippen LogP contribution in [0.4, 0.5) is 5.13 Å². The third-order valence-electron chi connectivity index (χ3n) is 4.64. The number of aromatic amines is 1. The van der Waals surface area contributed by atoms with E-state index < -0.39 is 5.97 Å². The summed E-state index contributed by atoms with van der Waals surface area (Å²) >= 11 is 1.72. The molecule has 1 aliphatic carbocycles. The number of nitrogens with two attached hydrogens (primary N) is 1. The molecule has 130 valence electrons. The lowest BCUT2D eigenvalue weighted by atomic mass is 9.69. The number of nitrogen functional groups attached to an aromatic ring is 1. The molecule has 3 N–H and O–H groups in total. The molecule has 5 heteroatoms. The number of nitrogens with one attached hydrogen (secondary N) is 1. The fourth-order valence-electron chi connectivity index (χ4n) is 2.87. The molecule has 2 aromatic rings. The van der Waals surface area contributed by atoms with Gasteiger partial charge in [-0.3, -0.25) is 5.73 Å². The largest absolute Gasteiger partial charge is 0.545 e. The summed E-state index contributed by atoms with van der Waals surface area (Å²) in [4.78, 5) is 15.0. The number of anilines is 1. The number of aromatic nitrogens is 1. The maximum atomic E-state index is 10.2. The van der Waals surface area contributed by atoms with E-state index in [9.17, 15) is 9.90 Å². The van der Waals surface area contributed by atoms with Crippen LogP contribution in [0.2, 0.25) is 0 Å².